The van der Waals surface area contributed by atoms with E-state index in [9.17, 15) is 13.2 Å². The van der Waals surface area contributed by atoms with Gasteiger partial charge in [-0.1, -0.05) is 12.1 Å². The third kappa shape index (κ3) is 7.15. The van der Waals surface area contributed by atoms with Gasteiger partial charge in [-0.15, -0.1) is 0 Å². The minimum atomic E-state index is -3.46. The summed E-state index contributed by atoms with van der Waals surface area (Å²) in [6, 6.07) is 13.0. The van der Waals surface area contributed by atoms with Crippen LogP contribution < -0.4 is 19.8 Å². The molecule has 5 heterocycles. The number of rotatable bonds is 7. The maximum absolute atomic E-state index is 15.6. The number of amides is 1. The zero-order chi connectivity index (χ0) is 35.2. The average Bonchev–Trinajstić information content (AvgIpc) is 3.73. The van der Waals surface area contributed by atoms with Crippen molar-refractivity contribution in [2.45, 2.75) is 51.7 Å². The maximum atomic E-state index is 15.6. The number of anilines is 6. The number of para-hydroxylation sites is 1. The molecule has 2 fully saturated rings. The highest BCUT2D eigenvalue weighted by atomic mass is 32.2. The van der Waals surface area contributed by atoms with Crippen LogP contribution in [0, 0.1) is 5.82 Å². The Labute approximate surface area is 291 Å². The number of carbonyl (C=O) groups excluding carboxylic acids is 1. The van der Waals surface area contributed by atoms with Crippen molar-refractivity contribution in [1.29, 1.82) is 0 Å². The number of nitrogens with zero attached hydrogens (tertiary/aromatic N) is 6. The second kappa shape index (κ2) is 13.2. The Hall–Kier alpha value is -4.63. The quantitative estimate of drug-likeness (QED) is 0.228. The Kier molecular flexibility index (Phi) is 8.97. The molecule has 2 aromatic heterocycles. The first-order valence-electron chi connectivity index (χ1n) is 17.1. The number of nitrogens with one attached hydrogen (secondary N) is 3. The Balaban J connectivity index is 1.00. The molecule has 0 spiro atoms. The van der Waals surface area contributed by atoms with Crippen LogP contribution in [-0.2, 0) is 21.2 Å². The number of sulfonamides is 1. The van der Waals surface area contributed by atoms with Gasteiger partial charge < -0.3 is 30.2 Å². The lowest BCUT2D eigenvalue weighted by molar-refractivity contribution is 0.00901. The largest absolute Gasteiger partial charge is 0.444 e. The van der Waals surface area contributed by atoms with Crippen LogP contribution in [0.2, 0.25) is 0 Å². The number of piperidine rings is 1. The summed E-state index contributed by atoms with van der Waals surface area (Å²) in [4.78, 5) is 31.2. The molecular weight excluding hydrogens is 662 g/mol. The minimum Gasteiger partial charge on any atom is -0.444 e. The lowest BCUT2D eigenvalue weighted by Gasteiger charge is -2.43. The molecule has 266 valence electrons. The molecule has 1 amide bonds. The Bertz CT molecular complexity index is 2000. The van der Waals surface area contributed by atoms with Crippen LogP contribution in [0.5, 0.6) is 0 Å². The van der Waals surface area contributed by atoms with Gasteiger partial charge in [-0.25, -0.2) is 17.6 Å². The van der Waals surface area contributed by atoms with Crippen molar-refractivity contribution >= 4 is 61.7 Å². The lowest BCUT2D eigenvalue weighted by atomic mass is 10.0. The Morgan fingerprint density at radius 1 is 0.980 bits per heavy atom. The van der Waals surface area contributed by atoms with E-state index in [-0.39, 0.29) is 17.9 Å². The summed E-state index contributed by atoms with van der Waals surface area (Å²) in [6.07, 6.45) is 5.17. The van der Waals surface area contributed by atoms with Gasteiger partial charge in [0, 0.05) is 63.7 Å². The first kappa shape index (κ1) is 33.8. The van der Waals surface area contributed by atoms with Crippen LogP contribution in [0.15, 0.2) is 48.7 Å². The molecule has 0 atom stereocenters. The molecule has 50 heavy (non-hydrogen) atoms. The number of ether oxygens (including phenoxy) is 1. The summed E-state index contributed by atoms with van der Waals surface area (Å²) >= 11 is 0. The van der Waals surface area contributed by atoms with Crippen molar-refractivity contribution in [3.8, 4) is 0 Å². The van der Waals surface area contributed by atoms with Crippen molar-refractivity contribution in [3.63, 3.8) is 0 Å². The van der Waals surface area contributed by atoms with E-state index in [0.717, 1.165) is 50.0 Å². The lowest BCUT2D eigenvalue weighted by Crippen LogP contribution is -2.55. The monoisotopic (exact) mass is 705 g/mol. The smallest absolute Gasteiger partial charge is 0.410 e. The number of halogens is 1. The average molecular weight is 706 g/mol. The van der Waals surface area contributed by atoms with Crippen molar-refractivity contribution in [2.24, 2.45) is 0 Å². The van der Waals surface area contributed by atoms with Gasteiger partial charge in [-0.05, 0) is 75.9 Å². The number of hydrogen-bond donors (Lipinski definition) is 3. The normalized spacial score (nSPS) is 17.7. The Morgan fingerprint density at radius 3 is 2.44 bits per heavy atom. The van der Waals surface area contributed by atoms with Gasteiger partial charge in [-0.2, -0.15) is 9.97 Å². The molecule has 15 heteroatoms. The summed E-state index contributed by atoms with van der Waals surface area (Å²) < 4.78 is 47.6. The van der Waals surface area contributed by atoms with Crippen molar-refractivity contribution in [3.05, 3.63) is 60.0 Å². The van der Waals surface area contributed by atoms with E-state index in [4.69, 9.17) is 9.72 Å². The molecule has 0 radical (unpaired) electrons. The molecule has 2 saturated heterocycles. The number of carbonyl (C=O) groups is 1. The van der Waals surface area contributed by atoms with Gasteiger partial charge in [0.2, 0.25) is 16.0 Å². The minimum absolute atomic E-state index is 0.257. The van der Waals surface area contributed by atoms with Crippen LogP contribution in [0.1, 0.15) is 39.2 Å². The zero-order valence-electron chi connectivity index (χ0n) is 28.9. The molecule has 0 aliphatic carbocycles. The fourth-order valence-corrected chi connectivity index (χ4v) is 8.08. The predicted octanol–water partition coefficient (Wildman–Crippen LogP) is 5.43. The Morgan fingerprint density at radius 2 is 1.74 bits per heavy atom. The highest BCUT2D eigenvalue weighted by Gasteiger charge is 2.32. The SMILES string of the molecule is CC(C)(C)OC(=O)N1CCN(C2CCN(c3ccc(Nc4nc(Nc5cccc6c5N(S(C)(=O)=O)CC6)c5cc[nH]c5n4)cc3F)CC2)CC1. The summed E-state index contributed by atoms with van der Waals surface area (Å²) in [5.41, 5.74) is 3.31. The van der Waals surface area contributed by atoms with Crippen LogP contribution in [0.25, 0.3) is 11.0 Å². The van der Waals surface area contributed by atoms with Gasteiger partial charge in [0.15, 0.2) is 0 Å². The van der Waals surface area contributed by atoms with E-state index in [1.54, 1.807) is 17.2 Å². The number of aromatic nitrogens is 3. The van der Waals surface area contributed by atoms with Crippen LogP contribution in [0.3, 0.4) is 0 Å². The molecule has 7 rings (SSSR count). The third-order valence-corrected chi connectivity index (χ3v) is 10.7. The number of fused-ring (bicyclic) bond motifs is 2. The van der Waals surface area contributed by atoms with E-state index in [1.807, 2.05) is 51.1 Å². The second-order valence-electron chi connectivity index (χ2n) is 14.2. The number of benzene rings is 2. The maximum Gasteiger partial charge on any atom is 0.410 e. The van der Waals surface area contributed by atoms with Crippen molar-refractivity contribution in [1.82, 2.24) is 24.8 Å². The molecule has 4 aromatic rings. The van der Waals surface area contributed by atoms with Crippen LogP contribution in [0.4, 0.5) is 43.7 Å². The topological polar surface area (TPSA) is 139 Å². The summed E-state index contributed by atoms with van der Waals surface area (Å²) in [5, 5.41) is 7.22. The zero-order valence-corrected chi connectivity index (χ0v) is 29.7. The number of aromatic amines is 1. The molecule has 0 saturated carbocycles. The van der Waals surface area contributed by atoms with Gasteiger partial charge in [0.05, 0.1) is 28.7 Å². The first-order valence-corrected chi connectivity index (χ1v) is 18.9. The molecule has 2 aromatic carbocycles. The van der Waals surface area contributed by atoms with E-state index in [1.165, 1.54) is 16.6 Å². The van der Waals surface area contributed by atoms with Gasteiger partial charge >= 0.3 is 6.09 Å². The third-order valence-electron chi connectivity index (χ3n) is 9.51. The molecule has 13 nitrogen and oxygen atoms in total. The molecule has 3 aliphatic rings. The van der Waals surface area contributed by atoms with E-state index < -0.39 is 15.6 Å². The van der Waals surface area contributed by atoms with Gasteiger partial charge in [0.25, 0.3) is 0 Å². The van der Waals surface area contributed by atoms with Crippen molar-refractivity contribution < 1.29 is 22.3 Å². The highest BCUT2D eigenvalue weighted by molar-refractivity contribution is 7.92. The van der Waals surface area contributed by atoms with Crippen molar-refractivity contribution in [2.75, 3.05) is 71.9 Å². The predicted molar refractivity (Wildman–Crippen MR) is 194 cm³/mol. The van der Waals surface area contributed by atoms with E-state index >= 15 is 4.39 Å². The first-order chi connectivity index (χ1) is 23.8. The molecule has 3 aliphatic heterocycles. The standard InChI is InChI=1S/C35H44FN9O4S/c1-35(2,3)49-34(46)44-20-18-42(19-21-44)25-12-15-43(16-13-25)29-9-8-24(22-27(29)36)38-33-40-31-26(10-14-37-31)32(41-33)39-28-7-5-6-23-11-17-45(30(23)28)50(4,47)48/h5-10,14,22,25H,11-13,15-21H2,1-4H3,(H3,37,38,39,40,41). The van der Waals surface area contributed by atoms with Crippen LogP contribution in [-0.4, -0.2) is 103 Å². The summed E-state index contributed by atoms with van der Waals surface area (Å²) in [7, 11) is -3.46. The number of H-pyrrole nitrogens is 1. The number of hydrogen-bond acceptors (Lipinski definition) is 10. The molecule has 0 bridgehead atoms. The second-order valence-corrected chi connectivity index (χ2v) is 16.1. The number of piperazine rings is 1. The van der Waals surface area contributed by atoms with Crippen LogP contribution >= 0.6 is 0 Å². The molecule has 0 unspecified atom stereocenters. The van der Waals surface area contributed by atoms with Gasteiger partial charge in [0.1, 0.15) is 22.9 Å². The summed E-state index contributed by atoms with van der Waals surface area (Å²) in [6.45, 7) is 10.4. The molecular formula is C35H44FN9O4S. The van der Waals surface area contributed by atoms with Gasteiger partial charge in [-0.3, -0.25) is 9.21 Å². The fraction of sp³-hybridized carbons (Fsp3) is 0.457. The fourth-order valence-electron chi connectivity index (χ4n) is 7.11. The van der Waals surface area contributed by atoms with E-state index in [0.29, 0.717) is 66.3 Å². The summed E-state index contributed by atoms with van der Waals surface area (Å²) in [5.74, 6) is 0.410. The molecule has 3 N–H and O–H groups in total. The highest BCUT2D eigenvalue weighted by Crippen LogP contribution is 2.39. The van der Waals surface area contributed by atoms with E-state index in [2.05, 4.69) is 30.4 Å².